The van der Waals surface area contributed by atoms with E-state index >= 15 is 0 Å². The maximum absolute atomic E-state index is 9.94. The fourth-order valence-electron chi connectivity index (χ4n) is 2.80. The van der Waals surface area contributed by atoms with Gasteiger partial charge in [-0.05, 0) is 0 Å². The summed E-state index contributed by atoms with van der Waals surface area (Å²) >= 11 is 0. The van der Waals surface area contributed by atoms with Crippen molar-refractivity contribution in [1.82, 2.24) is 0 Å². The molecule has 0 spiro atoms. The summed E-state index contributed by atoms with van der Waals surface area (Å²) < 4.78 is 15.3. The number of nitro groups is 1. The van der Waals surface area contributed by atoms with E-state index in [1.165, 1.54) is 0 Å². The molecule has 2 heterocycles. The summed E-state index contributed by atoms with van der Waals surface area (Å²) in [7, 11) is 0. The van der Waals surface area contributed by atoms with Gasteiger partial charge in [0, 0.05) is 0 Å². The van der Waals surface area contributed by atoms with Gasteiger partial charge in [-0.25, -0.2) is 0 Å². The molecule has 3 unspecified atom stereocenters. The Morgan fingerprint density at radius 3 is 1.81 bits per heavy atom. The van der Waals surface area contributed by atoms with Crippen molar-refractivity contribution in [3.8, 4) is 0 Å². The normalized spacial score (nSPS) is 41.8. The molecule has 17 heteroatoms. The highest BCUT2D eigenvalue weighted by atomic mass is 16.7. The number of aliphatic hydroxyl groups excluding tert-OH is 11. The average Bonchev–Trinajstić information content (AvgIpc) is 2.78. The molecule has 17 nitrogen and oxygen atoms in total. The second-order valence-corrected chi connectivity index (χ2v) is 6.98. The minimum atomic E-state index is -2.09. The van der Waals surface area contributed by atoms with Crippen LogP contribution in [-0.2, 0) is 14.2 Å². The second kappa shape index (κ2) is 12.9. The third-order valence-electron chi connectivity index (χ3n) is 4.73. The highest BCUT2D eigenvalue weighted by molar-refractivity contribution is 4.93. The molecule has 0 radical (unpaired) electrons. The molecule has 11 N–H and O–H groups in total. The molecule has 2 rings (SSSR count). The number of ether oxygens (including phenoxy) is 3. The van der Waals surface area contributed by atoms with Crippen molar-refractivity contribution in [3.05, 3.63) is 10.1 Å². The lowest BCUT2D eigenvalue weighted by Crippen LogP contribution is -2.64. The number of rotatable bonds is 7. The average molecular weight is 479 g/mol. The summed E-state index contributed by atoms with van der Waals surface area (Å²) in [4.78, 5) is 8.50. The Hall–Kier alpha value is -1.16. The first kappa shape index (κ1) is 28.9. The lowest BCUT2D eigenvalue weighted by Gasteiger charge is -2.45. The molecule has 0 amide bonds. The van der Waals surface area contributed by atoms with Gasteiger partial charge >= 0.3 is 6.23 Å². The fraction of sp³-hybridized carbons (Fsp3) is 1.00. The van der Waals surface area contributed by atoms with Gasteiger partial charge in [0.15, 0.2) is 18.7 Å². The lowest BCUT2D eigenvalue weighted by atomic mass is 9.97. The fourth-order valence-corrected chi connectivity index (χ4v) is 2.80. The molecule has 2 aliphatic rings. The summed E-state index contributed by atoms with van der Waals surface area (Å²) in [6.45, 7) is -2.16. The van der Waals surface area contributed by atoms with Gasteiger partial charge in [-0.2, -0.15) is 0 Å². The van der Waals surface area contributed by atoms with Gasteiger partial charge in [0.1, 0.15) is 48.8 Å². The Labute approximate surface area is 180 Å². The highest BCUT2D eigenvalue weighted by Crippen LogP contribution is 2.28. The zero-order chi connectivity index (χ0) is 24.7. The monoisotopic (exact) mass is 479 g/mol. The largest absolute Gasteiger partial charge is 0.394 e. The first-order valence-corrected chi connectivity index (χ1v) is 9.28. The first-order valence-electron chi connectivity index (χ1n) is 9.28. The third kappa shape index (κ3) is 6.92. The van der Waals surface area contributed by atoms with Gasteiger partial charge in [-0.3, -0.25) is 10.1 Å². The van der Waals surface area contributed by atoms with E-state index in [2.05, 4.69) is 0 Å². The number of aliphatic hydroxyl groups is 11. The van der Waals surface area contributed by atoms with Gasteiger partial charge in [0.25, 0.3) is 0 Å². The summed E-state index contributed by atoms with van der Waals surface area (Å²) in [6, 6.07) is 0. The second-order valence-electron chi connectivity index (χ2n) is 6.98. The molecule has 0 aromatic heterocycles. The van der Waals surface area contributed by atoms with Gasteiger partial charge < -0.3 is 70.4 Å². The molecule has 190 valence electrons. The molecule has 0 aliphatic carbocycles. The van der Waals surface area contributed by atoms with Gasteiger partial charge in [0.2, 0.25) is 0 Å². The number of hydrogen-bond acceptors (Lipinski definition) is 16. The molecule has 0 saturated carbocycles. The molecule has 2 aliphatic heterocycles. The summed E-state index contributed by atoms with van der Waals surface area (Å²) in [6.07, 6.45) is -19.4. The van der Waals surface area contributed by atoms with Crippen LogP contribution < -0.4 is 0 Å². The molecular weight excluding hydrogens is 450 g/mol. The maximum Gasteiger partial charge on any atom is 0.341 e. The van der Waals surface area contributed by atoms with Crippen LogP contribution in [0, 0.1) is 10.1 Å². The maximum atomic E-state index is 9.94. The van der Waals surface area contributed by atoms with Crippen molar-refractivity contribution in [2.75, 3.05) is 19.8 Å². The van der Waals surface area contributed by atoms with E-state index < -0.39 is 98.5 Å². The Balaban J connectivity index is 0.000000482. The molecule has 2 saturated heterocycles. The van der Waals surface area contributed by atoms with Crippen molar-refractivity contribution in [2.45, 2.75) is 73.7 Å². The first-order chi connectivity index (χ1) is 14.9. The van der Waals surface area contributed by atoms with E-state index in [0.29, 0.717) is 0 Å². The van der Waals surface area contributed by atoms with Crippen LogP contribution >= 0.6 is 0 Å². The van der Waals surface area contributed by atoms with Crippen LogP contribution in [-0.4, -0.2) is 155 Å². The van der Waals surface area contributed by atoms with Crippen LogP contribution in [0.1, 0.15) is 0 Å². The zero-order valence-electron chi connectivity index (χ0n) is 16.5. The number of hydrogen-bond donors (Lipinski definition) is 11. The summed E-state index contributed by atoms with van der Waals surface area (Å²) in [5.74, 6) is 0. The van der Waals surface area contributed by atoms with Gasteiger partial charge in [-0.15, -0.1) is 0 Å². The Bertz CT molecular complexity index is 566. The molecule has 0 bridgehead atoms. The van der Waals surface area contributed by atoms with E-state index in [4.69, 9.17) is 34.6 Å². The summed E-state index contributed by atoms with van der Waals surface area (Å²) in [5.41, 5.74) is 0. The topological polar surface area (TPSA) is 293 Å². The molecule has 32 heavy (non-hydrogen) atoms. The summed E-state index contributed by atoms with van der Waals surface area (Å²) in [5, 5.41) is 111. The highest BCUT2D eigenvalue weighted by Gasteiger charge is 2.50. The zero-order valence-corrected chi connectivity index (χ0v) is 16.5. The smallest absolute Gasteiger partial charge is 0.341 e. The van der Waals surface area contributed by atoms with Crippen molar-refractivity contribution in [3.63, 3.8) is 0 Å². The van der Waals surface area contributed by atoms with Crippen LogP contribution in [0.25, 0.3) is 0 Å². The minimum Gasteiger partial charge on any atom is -0.394 e. The van der Waals surface area contributed by atoms with E-state index in [1.807, 2.05) is 0 Å². The van der Waals surface area contributed by atoms with E-state index in [-0.39, 0.29) is 0 Å². The predicted molar refractivity (Wildman–Crippen MR) is 94.7 cm³/mol. The van der Waals surface area contributed by atoms with Crippen molar-refractivity contribution in [1.29, 1.82) is 0 Å². The van der Waals surface area contributed by atoms with Crippen LogP contribution in [0.2, 0.25) is 0 Å². The minimum absolute atomic E-state index is 0.667. The molecule has 0 aromatic rings. The van der Waals surface area contributed by atoms with E-state index in [1.54, 1.807) is 0 Å². The van der Waals surface area contributed by atoms with Gasteiger partial charge in [0.05, 0.1) is 24.7 Å². The number of nitrogens with zero attached hydrogens (tertiary/aromatic N) is 1. The SMILES string of the molecule is O=[N+]([O-])C(O)C(O)CO.OC[C@H]1O[C@@H](O[C@H]2[C@H](O)[C@@H](O)C(O)O[C@@H]2CO)[C@H](O)[C@@H](O)[C@H]1O. The molecule has 2 fully saturated rings. The standard InChI is InChI=1S/C12H22O11.C3H7NO5/c13-1-3-5(15)6(16)9(19)12(22-3)23-10-4(2-14)21-11(20)8(18)7(10)17;5-1-2(6)3(7)4(8)9/h3-20H,1-2H2;2-3,5-7H,1H2/t3-,4-,5+,6+,7-,8-,9-,10-,11?,12+;/m1./s1. The Morgan fingerprint density at radius 1 is 0.812 bits per heavy atom. The van der Waals surface area contributed by atoms with Crippen LogP contribution in [0.5, 0.6) is 0 Å². The van der Waals surface area contributed by atoms with E-state index in [0.717, 1.165) is 0 Å². The van der Waals surface area contributed by atoms with Crippen molar-refractivity contribution in [2.24, 2.45) is 0 Å². The third-order valence-corrected chi connectivity index (χ3v) is 4.73. The van der Waals surface area contributed by atoms with Crippen molar-refractivity contribution >= 4 is 0 Å². The molecule has 12 atom stereocenters. The predicted octanol–water partition coefficient (Wildman–Crippen LogP) is -7.46. The Kier molecular flexibility index (Phi) is 11.7. The molecule has 0 aromatic carbocycles. The van der Waals surface area contributed by atoms with Crippen molar-refractivity contribution < 1.29 is 75.3 Å². The Morgan fingerprint density at radius 2 is 1.38 bits per heavy atom. The van der Waals surface area contributed by atoms with Gasteiger partial charge in [-0.1, -0.05) is 0 Å². The van der Waals surface area contributed by atoms with Crippen LogP contribution in [0.4, 0.5) is 0 Å². The quantitative estimate of drug-likeness (QED) is 0.0917. The van der Waals surface area contributed by atoms with Crippen LogP contribution in [0.3, 0.4) is 0 Å². The molecular formula is C15H29NO16. The van der Waals surface area contributed by atoms with E-state index in [9.17, 15) is 45.9 Å². The van der Waals surface area contributed by atoms with Crippen LogP contribution in [0.15, 0.2) is 0 Å². The lowest BCUT2D eigenvalue weighted by molar-refractivity contribution is -0.583.